The zero-order valence-corrected chi connectivity index (χ0v) is 14.8. The number of hydrogen-bond donors (Lipinski definition) is 2. The first-order valence-corrected chi connectivity index (χ1v) is 8.75. The fourth-order valence-corrected chi connectivity index (χ4v) is 2.32. The van der Waals surface area contributed by atoms with Gasteiger partial charge in [-0.05, 0) is 51.3 Å². The van der Waals surface area contributed by atoms with Gasteiger partial charge in [0, 0.05) is 12.7 Å². The predicted molar refractivity (Wildman–Crippen MR) is 90.7 cm³/mol. The number of rotatable bonds is 8. The molecule has 1 rings (SSSR count). The lowest BCUT2D eigenvalue weighted by molar-refractivity contribution is -0.157. The number of aromatic nitrogens is 1. The van der Waals surface area contributed by atoms with Gasteiger partial charge >= 0.3 is 11.9 Å². The third kappa shape index (κ3) is 7.47. The lowest BCUT2D eigenvalue weighted by Crippen LogP contribution is -2.41. The van der Waals surface area contributed by atoms with Crippen molar-refractivity contribution in [1.82, 2.24) is 10.3 Å². The van der Waals surface area contributed by atoms with Gasteiger partial charge in [0.2, 0.25) is 0 Å². The Morgan fingerprint density at radius 2 is 2.13 bits per heavy atom. The van der Waals surface area contributed by atoms with E-state index in [1.165, 1.54) is 18.3 Å². The summed E-state index contributed by atoms with van der Waals surface area (Å²) in [5.41, 5.74) is 0.204. The zero-order valence-electron chi connectivity index (χ0n) is 14.0. The standard InChI is InChI=1S/C16H24N2O4S/c1-16(2,3)22-15(21)13(6-8-23-4)18-10-12-9-11(14(19)20)5-7-17-12/h5,7,9,13,18H,6,8,10H2,1-4H3,(H,19,20)/t13-/m0/s1. The fraction of sp³-hybridized carbons (Fsp3) is 0.562. The topological polar surface area (TPSA) is 88.5 Å². The molecule has 0 bridgehead atoms. The van der Waals surface area contributed by atoms with Crippen LogP contribution in [-0.4, -0.2) is 45.7 Å². The van der Waals surface area contributed by atoms with Gasteiger partial charge in [-0.3, -0.25) is 15.1 Å². The normalized spacial score (nSPS) is 12.7. The van der Waals surface area contributed by atoms with E-state index in [1.54, 1.807) is 11.8 Å². The van der Waals surface area contributed by atoms with Crippen molar-refractivity contribution in [2.75, 3.05) is 12.0 Å². The molecule has 0 aromatic carbocycles. The maximum Gasteiger partial charge on any atom is 0.335 e. The highest BCUT2D eigenvalue weighted by molar-refractivity contribution is 7.98. The quantitative estimate of drug-likeness (QED) is 0.702. The molecule has 0 fully saturated rings. The molecule has 0 aliphatic heterocycles. The minimum atomic E-state index is -1.00. The lowest BCUT2D eigenvalue weighted by Gasteiger charge is -2.24. The number of nitrogens with zero attached hydrogens (tertiary/aromatic N) is 1. The molecule has 1 atom stereocenters. The van der Waals surface area contributed by atoms with E-state index in [1.807, 2.05) is 27.0 Å². The molecule has 0 aliphatic carbocycles. The average Bonchev–Trinajstić information content (AvgIpc) is 2.45. The van der Waals surface area contributed by atoms with Crippen LogP contribution in [0.25, 0.3) is 0 Å². The van der Waals surface area contributed by atoms with Crippen LogP contribution in [0.4, 0.5) is 0 Å². The molecule has 23 heavy (non-hydrogen) atoms. The Morgan fingerprint density at radius 3 is 2.70 bits per heavy atom. The molecule has 0 aliphatic rings. The Morgan fingerprint density at radius 1 is 1.43 bits per heavy atom. The molecular weight excluding hydrogens is 316 g/mol. The molecule has 1 aromatic rings. The van der Waals surface area contributed by atoms with Gasteiger partial charge in [-0.15, -0.1) is 0 Å². The van der Waals surface area contributed by atoms with Crippen LogP contribution in [0.3, 0.4) is 0 Å². The first-order valence-electron chi connectivity index (χ1n) is 7.36. The molecule has 2 N–H and O–H groups in total. The number of nitrogens with one attached hydrogen (secondary N) is 1. The molecule has 0 saturated carbocycles. The smallest absolute Gasteiger partial charge is 0.335 e. The lowest BCUT2D eigenvalue weighted by atomic mass is 10.1. The van der Waals surface area contributed by atoms with E-state index in [9.17, 15) is 9.59 Å². The second-order valence-corrected chi connectivity index (χ2v) is 7.08. The maximum absolute atomic E-state index is 12.3. The predicted octanol–water partition coefficient (Wildman–Crippen LogP) is 2.33. The summed E-state index contributed by atoms with van der Waals surface area (Å²) < 4.78 is 5.42. The van der Waals surface area contributed by atoms with Crippen molar-refractivity contribution in [1.29, 1.82) is 0 Å². The monoisotopic (exact) mass is 340 g/mol. The van der Waals surface area contributed by atoms with E-state index < -0.39 is 17.6 Å². The van der Waals surface area contributed by atoms with Crippen LogP contribution in [0.5, 0.6) is 0 Å². The summed E-state index contributed by atoms with van der Waals surface area (Å²) in [7, 11) is 0. The van der Waals surface area contributed by atoms with Crippen molar-refractivity contribution in [2.45, 2.75) is 45.4 Å². The van der Waals surface area contributed by atoms with Crippen molar-refractivity contribution >= 4 is 23.7 Å². The van der Waals surface area contributed by atoms with Gasteiger partial charge in [0.25, 0.3) is 0 Å². The highest BCUT2D eigenvalue weighted by Gasteiger charge is 2.24. The van der Waals surface area contributed by atoms with Crippen molar-refractivity contribution < 1.29 is 19.4 Å². The van der Waals surface area contributed by atoms with Crippen molar-refractivity contribution in [3.8, 4) is 0 Å². The molecular formula is C16H24N2O4S. The Balaban J connectivity index is 2.72. The molecule has 0 amide bonds. The molecule has 0 saturated heterocycles. The number of carbonyl (C=O) groups is 2. The van der Waals surface area contributed by atoms with E-state index >= 15 is 0 Å². The SMILES string of the molecule is CSCC[C@H](NCc1cc(C(=O)O)ccn1)C(=O)OC(C)(C)C. The second-order valence-electron chi connectivity index (χ2n) is 6.09. The van der Waals surface area contributed by atoms with E-state index in [4.69, 9.17) is 9.84 Å². The Kier molecular flexibility index (Phi) is 7.51. The molecule has 6 nitrogen and oxygen atoms in total. The number of esters is 1. The number of ether oxygens (including phenoxy) is 1. The van der Waals surface area contributed by atoms with Crippen LogP contribution in [-0.2, 0) is 16.1 Å². The summed E-state index contributed by atoms with van der Waals surface area (Å²) in [6.07, 6.45) is 4.06. The van der Waals surface area contributed by atoms with Gasteiger partial charge in [0.05, 0.1) is 11.3 Å². The number of carboxylic acid groups (broad SMARTS) is 1. The van der Waals surface area contributed by atoms with Crippen LogP contribution < -0.4 is 5.32 Å². The third-order valence-corrected chi connectivity index (χ3v) is 3.54. The second kappa shape index (κ2) is 8.88. The maximum atomic E-state index is 12.3. The largest absolute Gasteiger partial charge is 0.478 e. The number of hydrogen-bond acceptors (Lipinski definition) is 6. The summed E-state index contributed by atoms with van der Waals surface area (Å²) in [4.78, 5) is 27.3. The van der Waals surface area contributed by atoms with Crippen LogP contribution in [0, 0.1) is 0 Å². The molecule has 0 unspecified atom stereocenters. The van der Waals surface area contributed by atoms with Gasteiger partial charge in [0.1, 0.15) is 11.6 Å². The first kappa shape index (κ1) is 19.4. The molecule has 1 heterocycles. The van der Waals surface area contributed by atoms with Crippen LogP contribution >= 0.6 is 11.8 Å². The van der Waals surface area contributed by atoms with Gasteiger partial charge < -0.3 is 9.84 Å². The molecule has 128 valence electrons. The van der Waals surface area contributed by atoms with Gasteiger partial charge in [-0.25, -0.2) is 4.79 Å². The summed E-state index contributed by atoms with van der Waals surface area (Å²) in [5, 5.41) is 12.1. The number of aromatic carboxylic acids is 1. The highest BCUT2D eigenvalue weighted by Crippen LogP contribution is 2.12. The van der Waals surface area contributed by atoms with E-state index in [2.05, 4.69) is 10.3 Å². The number of pyridine rings is 1. The molecule has 0 radical (unpaired) electrons. The highest BCUT2D eigenvalue weighted by atomic mass is 32.2. The van der Waals surface area contributed by atoms with Crippen LogP contribution in [0.15, 0.2) is 18.3 Å². The summed E-state index contributed by atoms with van der Waals surface area (Å²) in [5.74, 6) is -0.486. The van der Waals surface area contributed by atoms with Crippen LogP contribution in [0.2, 0.25) is 0 Å². The average molecular weight is 340 g/mol. The number of carbonyl (C=O) groups excluding carboxylic acids is 1. The Bertz CT molecular complexity index is 543. The molecule has 7 heteroatoms. The zero-order chi connectivity index (χ0) is 17.5. The minimum Gasteiger partial charge on any atom is -0.478 e. The molecule has 0 spiro atoms. The Labute approximate surface area is 141 Å². The van der Waals surface area contributed by atoms with Crippen LogP contribution in [0.1, 0.15) is 43.2 Å². The number of carboxylic acids is 1. The van der Waals surface area contributed by atoms with E-state index in [0.29, 0.717) is 18.7 Å². The Hall–Kier alpha value is -1.60. The van der Waals surface area contributed by atoms with E-state index in [0.717, 1.165) is 5.75 Å². The van der Waals surface area contributed by atoms with Crippen molar-refractivity contribution in [3.05, 3.63) is 29.6 Å². The summed E-state index contributed by atoms with van der Waals surface area (Å²) in [6.45, 7) is 5.79. The molecule has 1 aromatic heterocycles. The minimum absolute atomic E-state index is 0.176. The summed E-state index contributed by atoms with van der Waals surface area (Å²) >= 11 is 1.65. The van der Waals surface area contributed by atoms with E-state index in [-0.39, 0.29) is 11.5 Å². The first-order chi connectivity index (χ1) is 10.7. The van der Waals surface area contributed by atoms with Gasteiger partial charge in [0.15, 0.2) is 0 Å². The van der Waals surface area contributed by atoms with Gasteiger partial charge in [-0.1, -0.05) is 0 Å². The summed E-state index contributed by atoms with van der Waals surface area (Å²) in [6, 6.07) is 2.48. The third-order valence-electron chi connectivity index (χ3n) is 2.90. The van der Waals surface area contributed by atoms with Gasteiger partial charge in [-0.2, -0.15) is 11.8 Å². The van der Waals surface area contributed by atoms with Crippen molar-refractivity contribution in [3.63, 3.8) is 0 Å². The van der Waals surface area contributed by atoms with Crippen molar-refractivity contribution in [2.24, 2.45) is 0 Å². The fourth-order valence-electron chi connectivity index (χ4n) is 1.85. The number of thioether (sulfide) groups is 1.